The fourth-order valence-electron chi connectivity index (χ4n) is 12.3. The van der Waals surface area contributed by atoms with Crippen LogP contribution in [0.25, 0.3) is 77.6 Å². The van der Waals surface area contributed by atoms with Gasteiger partial charge in [-0.1, -0.05) is 196 Å². The maximum absolute atomic E-state index is 6.72. The number of nitrogens with zero attached hydrogens (tertiary/aromatic N) is 1. The minimum atomic E-state index is -0.460. The molecular weight excluding hydrogens is 799 g/mol. The molecule has 0 radical (unpaired) electrons. The van der Waals surface area contributed by atoms with Crippen molar-refractivity contribution in [3.05, 3.63) is 258 Å². The van der Waals surface area contributed by atoms with Crippen LogP contribution in [0, 0.1) is 0 Å². The molecule has 0 aliphatic heterocycles. The molecule has 0 atom stereocenters. The van der Waals surface area contributed by atoms with Crippen LogP contribution in [0.4, 0.5) is 17.1 Å². The van der Waals surface area contributed by atoms with Crippen molar-refractivity contribution < 1.29 is 4.42 Å². The van der Waals surface area contributed by atoms with Crippen molar-refractivity contribution in [2.75, 3.05) is 4.90 Å². The largest absolute Gasteiger partial charge is 0.454 e. The molecule has 1 heterocycles. The Kier molecular flexibility index (Phi) is 7.70. The zero-order valence-electron chi connectivity index (χ0n) is 36.7. The number of anilines is 3. The van der Waals surface area contributed by atoms with Crippen LogP contribution in [-0.4, -0.2) is 0 Å². The van der Waals surface area contributed by atoms with Crippen LogP contribution in [0.1, 0.15) is 47.2 Å². The van der Waals surface area contributed by atoms with Gasteiger partial charge in [-0.05, 0) is 131 Å². The van der Waals surface area contributed by atoms with E-state index in [0.29, 0.717) is 0 Å². The van der Waals surface area contributed by atoms with Crippen molar-refractivity contribution in [2.45, 2.75) is 24.7 Å². The Morgan fingerprint density at radius 1 is 0.364 bits per heavy atom. The van der Waals surface area contributed by atoms with Gasteiger partial charge in [-0.2, -0.15) is 0 Å². The molecule has 0 saturated carbocycles. The van der Waals surface area contributed by atoms with E-state index in [1.165, 1.54) is 89.0 Å². The van der Waals surface area contributed by atoms with Crippen molar-refractivity contribution >= 4 is 39.0 Å². The van der Waals surface area contributed by atoms with Crippen LogP contribution in [0.15, 0.2) is 229 Å². The van der Waals surface area contributed by atoms with Gasteiger partial charge in [0.15, 0.2) is 5.58 Å². The summed E-state index contributed by atoms with van der Waals surface area (Å²) >= 11 is 0. The first-order valence-corrected chi connectivity index (χ1v) is 23.1. The van der Waals surface area contributed by atoms with E-state index in [1.54, 1.807) is 0 Å². The Bertz CT molecular complexity index is 3730. The Morgan fingerprint density at radius 2 is 0.864 bits per heavy atom. The van der Waals surface area contributed by atoms with Gasteiger partial charge in [0, 0.05) is 27.6 Å². The highest BCUT2D eigenvalue weighted by atomic mass is 16.3. The summed E-state index contributed by atoms with van der Waals surface area (Å²) in [6.07, 6.45) is 0. The molecule has 14 rings (SSSR count). The van der Waals surface area contributed by atoms with Crippen molar-refractivity contribution in [1.29, 1.82) is 0 Å². The van der Waals surface area contributed by atoms with E-state index in [2.05, 4.69) is 237 Å². The van der Waals surface area contributed by atoms with Crippen LogP contribution in [0.3, 0.4) is 0 Å². The highest BCUT2D eigenvalue weighted by Crippen LogP contribution is 2.67. The van der Waals surface area contributed by atoms with E-state index >= 15 is 0 Å². The van der Waals surface area contributed by atoms with Gasteiger partial charge in [0.25, 0.3) is 0 Å². The lowest BCUT2D eigenvalue weighted by Gasteiger charge is -2.32. The second-order valence-corrected chi connectivity index (χ2v) is 18.7. The number of fused-ring (bicyclic) bond motifs is 17. The molecule has 0 N–H and O–H groups in total. The summed E-state index contributed by atoms with van der Waals surface area (Å²) < 4.78 is 6.72. The topological polar surface area (TPSA) is 16.4 Å². The van der Waals surface area contributed by atoms with E-state index < -0.39 is 5.41 Å². The number of para-hydroxylation sites is 2. The molecule has 0 fully saturated rings. The van der Waals surface area contributed by atoms with E-state index in [4.69, 9.17) is 4.42 Å². The molecule has 2 heteroatoms. The van der Waals surface area contributed by atoms with Gasteiger partial charge in [-0.25, -0.2) is 0 Å². The second-order valence-electron chi connectivity index (χ2n) is 18.7. The molecular formula is C64H43NO. The molecule has 0 amide bonds. The molecule has 1 spiro atoms. The molecule has 3 aliphatic rings. The van der Waals surface area contributed by atoms with Crippen LogP contribution < -0.4 is 4.90 Å². The average molecular weight is 842 g/mol. The molecule has 0 saturated heterocycles. The Morgan fingerprint density at radius 3 is 1.53 bits per heavy atom. The van der Waals surface area contributed by atoms with Gasteiger partial charge >= 0.3 is 0 Å². The molecule has 310 valence electrons. The zero-order valence-corrected chi connectivity index (χ0v) is 36.7. The number of benzene rings is 10. The Labute approximate surface area is 384 Å². The zero-order chi connectivity index (χ0) is 43.7. The van der Waals surface area contributed by atoms with E-state index in [-0.39, 0.29) is 5.41 Å². The normalized spacial score (nSPS) is 14.2. The molecule has 0 unspecified atom stereocenters. The summed E-state index contributed by atoms with van der Waals surface area (Å²) in [5, 5.41) is 2.22. The lowest BCUT2D eigenvalue weighted by Crippen LogP contribution is -2.26. The fraction of sp³-hybridized carbons (Fsp3) is 0.0625. The van der Waals surface area contributed by atoms with Crippen LogP contribution in [0.5, 0.6) is 0 Å². The number of furan rings is 1. The summed E-state index contributed by atoms with van der Waals surface area (Å²) in [6, 6.07) is 82.9. The molecule has 66 heavy (non-hydrogen) atoms. The lowest BCUT2D eigenvalue weighted by atomic mass is 9.69. The molecule has 11 aromatic rings. The third-order valence-corrected chi connectivity index (χ3v) is 15.1. The Hall–Kier alpha value is -8.20. The van der Waals surface area contributed by atoms with Gasteiger partial charge < -0.3 is 9.32 Å². The number of hydrogen-bond donors (Lipinski definition) is 0. The second kappa shape index (κ2) is 13.7. The minimum Gasteiger partial charge on any atom is -0.454 e. The average Bonchev–Trinajstić information content (AvgIpc) is 4.07. The van der Waals surface area contributed by atoms with Gasteiger partial charge in [0.1, 0.15) is 5.58 Å². The van der Waals surface area contributed by atoms with Gasteiger partial charge in [0.05, 0.1) is 11.1 Å². The van der Waals surface area contributed by atoms with Gasteiger partial charge in [-0.15, -0.1) is 0 Å². The van der Waals surface area contributed by atoms with Crippen LogP contribution in [0.2, 0.25) is 0 Å². The standard InChI is InChI=1S/C64H43NO/c1-63(2)52-25-11-8-22-49(52)60-59-50-23-9-14-28-55(50)64(53-26-12-6-19-45(53)46-20-7-13-27-54(46)64)56(59)39-51(61(60)63)42-33-37-44(38-34-42)65(43-35-31-41(32-36-43)40-17-4-3-5-18-40)57-29-16-24-48-47-21-10-15-30-58(47)66-62(48)57/h3-39H,1-2H3. The third-order valence-electron chi connectivity index (χ3n) is 15.1. The molecule has 2 nitrogen and oxygen atoms in total. The fourth-order valence-corrected chi connectivity index (χ4v) is 12.3. The van der Waals surface area contributed by atoms with Crippen molar-refractivity contribution in [3.8, 4) is 55.6 Å². The first kappa shape index (κ1) is 37.2. The molecule has 10 aromatic carbocycles. The smallest absolute Gasteiger partial charge is 0.159 e. The molecule has 0 bridgehead atoms. The predicted molar refractivity (Wildman–Crippen MR) is 273 cm³/mol. The lowest BCUT2D eigenvalue weighted by molar-refractivity contribution is 0.661. The summed E-state index contributed by atoms with van der Waals surface area (Å²) in [5.41, 5.74) is 25.3. The summed E-state index contributed by atoms with van der Waals surface area (Å²) in [5.74, 6) is 0. The minimum absolute atomic E-state index is 0.241. The van der Waals surface area contributed by atoms with Crippen molar-refractivity contribution in [3.63, 3.8) is 0 Å². The number of rotatable bonds is 5. The quantitative estimate of drug-likeness (QED) is 0.172. The van der Waals surface area contributed by atoms with Crippen LogP contribution >= 0.6 is 0 Å². The van der Waals surface area contributed by atoms with E-state index in [0.717, 1.165) is 39.0 Å². The first-order chi connectivity index (χ1) is 32.5. The molecule has 1 aromatic heterocycles. The van der Waals surface area contributed by atoms with Crippen molar-refractivity contribution in [2.24, 2.45) is 0 Å². The summed E-state index contributed by atoms with van der Waals surface area (Å²) in [4.78, 5) is 2.36. The van der Waals surface area contributed by atoms with E-state index in [1.807, 2.05) is 6.07 Å². The predicted octanol–water partition coefficient (Wildman–Crippen LogP) is 17.0. The van der Waals surface area contributed by atoms with Gasteiger partial charge in [-0.3, -0.25) is 0 Å². The highest BCUT2D eigenvalue weighted by Gasteiger charge is 2.54. The maximum Gasteiger partial charge on any atom is 0.159 e. The monoisotopic (exact) mass is 841 g/mol. The van der Waals surface area contributed by atoms with Gasteiger partial charge in [0.2, 0.25) is 0 Å². The third kappa shape index (κ3) is 4.91. The summed E-state index contributed by atoms with van der Waals surface area (Å²) in [6.45, 7) is 4.85. The SMILES string of the molecule is CC1(C)c2ccccc2-c2c3c(cc(-c4ccc(N(c5ccc(-c6ccccc6)cc5)c5cccc6c5oc5ccccc56)cc4)c21)C1(c2ccccc2-c2ccccc21)c1ccccc1-3. The van der Waals surface area contributed by atoms with E-state index in [9.17, 15) is 0 Å². The van der Waals surface area contributed by atoms with Crippen molar-refractivity contribution in [1.82, 2.24) is 0 Å². The number of hydrogen-bond acceptors (Lipinski definition) is 2. The summed E-state index contributed by atoms with van der Waals surface area (Å²) in [7, 11) is 0. The highest BCUT2D eigenvalue weighted by molar-refractivity contribution is 6.11. The molecule has 3 aliphatic carbocycles. The Balaban J connectivity index is 1.01. The first-order valence-electron chi connectivity index (χ1n) is 23.1. The van der Waals surface area contributed by atoms with Crippen LogP contribution in [-0.2, 0) is 10.8 Å². The maximum atomic E-state index is 6.72.